The average Bonchev–Trinajstić information content (AvgIpc) is 3.15. The fraction of sp³-hybridized carbons (Fsp3) is 0.536. The number of halogens is 2. The monoisotopic (exact) mass is 519 g/mol. The van der Waals surface area contributed by atoms with Gasteiger partial charge in [-0.15, -0.1) is 0 Å². The summed E-state index contributed by atoms with van der Waals surface area (Å²) in [6.45, 7) is 8.17. The standard InChI is InChI=1S/C28H35Cl2NO4/c1-5-22(16-32)31-25(18-9-11-20(29)12-10-18)24(19-7-6-8-21(30)13-19)15-28(4,26(31)33)14-23-17-34-27(2,3)35-23/h6-13,22-25,32H,5,14-17H2,1-4H3/t22?,23?,24-,25-,28+/m1/s1. The minimum absolute atomic E-state index is 0.0323. The number of aliphatic hydroxyl groups excluding tert-OH is 1. The van der Waals surface area contributed by atoms with E-state index < -0.39 is 11.2 Å². The van der Waals surface area contributed by atoms with Gasteiger partial charge in [0.15, 0.2) is 5.79 Å². The molecule has 0 radical (unpaired) electrons. The van der Waals surface area contributed by atoms with Crippen molar-refractivity contribution in [2.24, 2.45) is 5.41 Å². The molecule has 1 N–H and O–H groups in total. The number of rotatable bonds is 7. The summed E-state index contributed by atoms with van der Waals surface area (Å²) in [5.74, 6) is -0.660. The molecule has 0 spiro atoms. The molecule has 1 amide bonds. The van der Waals surface area contributed by atoms with E-state index in [4.69, 9.17) is 32.7 Å². The number of amides is 1. The van der Waals surface area contributed by atoms with Crippen LogP contribution in [0.4, 0.5) is 0 Å². The predicted molar refractivity (Wildman–Crippen MR) is 139 cm³/mol. The number of carbonyl (C=O) groups is 1. The molecule has 190 valence electrons. The summed E-state index contributed by atoms with van der Waals surface area (Å²) in [4.78, 5) is 16.2. The second kappa shape index (κ2) is 10.4. The lowest BCUT2D eigenvalue weighted by molar-refractivity contribution is -0.164. The van der Waals surface area contributed by atoms with Gasteiger partial charge in [0.1, 0.15) is 0 Å². The van der Waals surface area contributed by atoms with Gasteiger partial charge in [-0.05, 0) is 68.5 Å². The second-order valence-corrected chi connectivity index (χ2v) is 11.4. The zero-order valence-electron chi connectivity index (χ0n) is 20.8. The number of hydrogen-bond acceptors (Lipinski definition) is 4. The van der Waals surface area contributed by atoms with Crippen LogP contribution in [0.5, 0.6) is 0 Å². The molecule has 2 aliphatic heterocycles. The SMILES string of the molecule is CCC(CO)N1C(=O)[C@@](C)(CC2COC(C)(C)O2)C[C@H](c2cccc(Cl)c2)[C@H]1c1ccc(Cl)cc1. The molecule has 2 fully saturated rings. The van der Waals surface area contributed by atoms with Gasteiger partial charge in [-0.1, -0.05) is 61.3 Å². The molecule has 4 rings (SSSR count). The summed E-state index contributed by atoms with van der Waals surface area (Å²) < 4.78 is 11.9. The highest BCUT2D eigenvalue weighted by molar-refractivity contribution is 6.30. The molecule has 2 aliphatic rings. The number of ether oxygens (including phenoxy) is 2. The molecule has 35 heavy (non-hydrogen) atoms. The largest absolute Gasteiger partial charge is 0.394 e. The lowest BCUT2D eigenvalue weighted by atomic mass is 9.66. The number of hydrogen-bond donors (Lipinski definition) is 1. The molecule has 0 saturated carbocycles. The molecule has 2 heterocycles. The highest BCUT2D eigenvalue weighted by Crippen LogP contribution is 2.53. The minimum Gasteiger partial charge on any atom is -0.394 e. The van der Waals surface area contributed by atoms with Gasteiger partial charge in [-0.25, -0.2) is 0 Å². The van der Waals surface area contributed by atoms with Gasteiger partial charge in [-0.3, -0.25) is 4.79 Å². The summed E-state index contributed by atoms with van der Waals surface area (Å²) >= 11 is 12.6. The number of piperidine rings is 1. The van der Waals surface area contributed by atoms with Crippen molar-refractivity contribution in [3.8, 4) is 0 Å². The molecule has 5 nitrogen and oxygen atoms in total. The van der Waals surface area contributed by atoms with Crippen LogP contribution in [-0.2, 0) is 14.3 Å². The van der Waals surface area contributed by atoms with E-state index in [0.717, 1.165) is 11.1 Å². The van der Waals surface area contributed by atoms with Crippen LogP contribution in [0.1, 0.15) is 70.0 Å². The van der Waals surface area contributed by atoms with Crippen molar-refractivity contribution in [2.75, 3.05) is 13.2 Å². The molecule has 0 aromatic heterocycles. The van der Waals surface area contributed by atoms with Crippen LogP contribution >= 0.6 is 23.2 Å². The zero-order chi connectivity index (χ0) is 25.4. The molecule has 7 heteroatoms. The van der Waals surface area contributed by atoms with Gasteiger partial charge in [0.25, 0.3) is 0 Å². The Labute approximate surface area is 218 Å². The number of nitrogens with zero attached hydrogens (tertiary/aromatic N) is 1. The fourth-order valence-electron chi connectivity index (χ4n) is 5.75. The summed E-state index contributed by atoms with van der Waals surface area (Å²) in [5.41, 5.74) is 1.36. The molecule has 0 bridgehead atoms. The summed E-state index contributed by atoms with van der Waals surface area (Å²) in [6.07, 6.45) is 1.62. The zero-order valence-corrected chi connectivity index (χ0v) is 22.4. The van der Waals surface area contributed by atoms with Crippen molar-refractivity contribution in [1.82, 2.24) is 4.90 Å². The van der Waals surface area contributed by atoms with Crippen LogP contribution in [-0.4, -0.2) is 47.1 Å². The van der Waals surface area contributed by atoms with Crippen molar-refractivity contribution in [2.45, 2.75) is 76.9 Å². The number of carbonyl (C=O) groups excluding carboxylic acids is 1. The van der Waals surface area contributed by atoms with Crippen molar-refractivity contribution in [3.05, 3.63) is 69.7 Å². The smallest absolute Gasteiger partial charge is 0.229 e. The quantitative estimate of drug-likeness (QED) is 0.461. The molecule has 0 aliphatic carbocycles. The van der Waals surface area contributed by atoms with E-state index in [9.17, 15) is 9.90 Å². The predicted octanol–water partition coefficient (Wildman–Crippen LogP) is 6.37. The maximum atomic E-state index is 14.3. The maximum absolute atomic E-state index is 14.3. The van der Waals surface area contributed by atoms with Crippen LogP contribution in [0, 0.1) is 5.41 Å². The van der Waals surface area contributed by atoms with E-state index in [-0.39, 0.29) is 36.6 Å². The average molecular weight is 520 g/mol. The molecule has 5 atom stereocenters. The van der Waals surface area contributed by atoms with E-state index in [0.29, 0.717) is 35.9 Å². The second-order valence-electron chi connectivity index (χ2n) is 10.5. The van der Waals surface area contributed by atoms with E-state index >= 15 is 0 Å². The lowest BCUT2D eigenvalue weighted by Crippen LogP contribution is -2.57. The van der Waals surface area contributed by atoms with Crippen LogP contribution < -0.4 is 0 Å². The molecular weight excluding hydrogens is 485 g/mol. The van der Waals surface area contributed by atoms with Crippen molar-refractivity contribution in [1.29, 1.82) is 0 Å². The van der Waals surface area contributed by atoms with E-state index in [1.807, 2.05) is 75.1 Å². The molecule has 2 aromatic rings. The highest BCUT2D eigenvalue weighted by atomic mass is 35.5. The van der Waals surface area contributed by atoms with Crippen LogP contribution in [0.2, 0.25) is 10.0 Å². The lowest BCUT2D eigenvalue weighted by Gasteiger charge is -2.52. The topological polar surface area (TPSA) is 59.0 Å². The first-order chi connectivity index (χ1) is 16.6. The Balaban J connectivity index is 1.82. The Kier molecular flexibility index (Phi) is 7.85. The van der Waals surface area contributed by atoms with E-state index in [2.05, 4.69) is 6.07 Å². The Hall–Kier alpha value is -1.63. The Morgan fingerprint density at radius 2 is 1.80 bits per heavy atom. The first kappa shape index (κ1) is 26.4. The highest BCUT2D eigenvalue weighted by Gasteiger charge is 2.53. The maximum Gasteiger partial charge on any atom is 0.229 e. The summed E-state index contributed by atoms with van der Waals surface area (Å²) in [5, 5.41) is 11.6. The van der Waals surface area contributed by atoms with Crippen molar-refractivity contribution < 1.29 is 19.4 Å². The Morgan fingerprint density at radius 3 is 2.37 bits per heavy atom. The third kappa shape index (κ3) is 5.55. The number of benzene rings is 2. The van der Waals surface area contributed by atoms with E-state index in [1.165, 1.54) is 0 Å². The third-order valence-electron chi connectivity index (χ3n) is 7.41. The van der Waals surface area contributed by atoms with Crippen LogP contribution in [0.3, 0.4) is 0 Å². The third-order valence-corrected chi connectivity index (χ3v) is 7.90. The summed E-state index contributed by atoms with van der Waals surface area (Å²) in [6, 6.07) is 15.0. The van der Waals surface area contributed by atoms with Gasteiger partial charge in [0.05, 0.1) is 31.4 Å². The summed E-state index contributed by atoms with van der Waals surface area (Å²) in [7, 11) is 0. The normalized spacial score (nSPS) is 29.4. The molecule has 2 unspecified atom stereocenters. The minimum atomic E-state index is -0.701. The molecule has 2 aromatic carbocycles. The Bertz CT molecular complexity index is 1040. The first-order valence-corrected chi connectivity index (χ1v) is 13.1. The Morgan fingerprint density at radius 1 is 1.09 bits per heavy atom. The van der Waals surface area contributed by atoms with E-state index in [1.54, 1.807) is 0 Å². The van der Waals surface area contributed by atoms with Crippen LogP contribution in [0.15, 0.2) is 48.5 Å². The van der Waals surface area contributed by atoms with Crippen molar-refractivity contribution >= 4 is 29.1 Å². The number of likely N-dealkylation sites (tertiary alicyclic amines) is 1. The van der Waals surface area contributed by atoms with Gasteiger partial charge < -0.3 is 19.5 Å². The van der Waals surface area contributed by atoms with Gasteiger partial charge in [0, 0.05) is 21.4 Å². The van der Waals surface area contributed by atoms with Gasteiger partial charge in [0.2, 0.25) is 5.91 Å². The van der Waals surface area contributed by atoms with Gasteiger partial charge in [-0.2, -0.15) is 0 Å². The van der Waals surface area contributed by atoms with Crippen molar-refractivity contribution in [3.63, 3.8) is 0 Å². The molecule has 2 saturated heterocycles. The number of aliphatic hydroxyl groups is 1. The first-order valence-electron chi connectivity index (χ1n) is 12.3. The fourth-order valence-corrected chi connectivity index (χ4v) is 6.07. The molecular formula is C28H35Cl2NO4. The van der Waals surface area contributed by atoms with Crippen LogP contribution in [0.25, 0.3) is 0 Å². The van der Waals surface area contributed by atoms with Gasteiger partial charge >= 0.3 is 0 Å².